The van der Waals surface area contributed by atoms with E-state index < -0.39 is 0 Å². The molecule has 4 rings (SSSR count). The van der Waals surface area contributed by atoms with Gasteiger partial charge in [0.25, 0.3) is 0 Å². The standard InChI is InChI=1S/C21H19N3O2/c1-2-25-16-10-8-15(9-11-16)23-21-19(13-22)24-20(26-21)18-12-17(18)14-6-4-3-5-7-14/h3-11,17-18,23H,2,12H2,1H3/t17-,18+/m0/s1. The van der Waals surface area contributed by atoms with E-state index in [1.54, 1.807) is 0 Å². The van der Waals surface area contributed by atoms with E-state index in [4.69, 9.17) is 9.15 Å². The normalized spacial score (nSPS) is 18.2. The molecule has 26 heavy (non-hydrogen) atoms. The van der Waals surface area contributed by atoms with Gasteiger partial charge < -0.3 is 14.5 Å². The number of benzene rings is 2. The van der Waals surface area contributed by atoms with E-state index in [0.717, 1.165) is 17.9 Å². The highest BCUT2D eigenvalue weighted by atomic mass is 16.5. The van der Waals surface area contributed by atoms with Crippen molar-refractivity contribution in [1.82, 2.24) is 4.98 Å². The van der Waals surface area contributed by atoms with Crippen molar-refractivity contribution in [3.63, 3.8) is 0 Å². The lowest BCUT2D eigenvalue weighted by Crippen LogP contribution is -1.93. The van der Waals surface area contributed by atoms with E-state index >= 15 is 0 Å². The van der Waals surface area contributed by atoms with E-state index in [1.807, 2.05) is 49.4 Å². The van der Waals surface area contributed by atoms with E-state index in [0.29, 0.717) is 24.3 Å². The van der Waals surface area contributed by atoms with Gasteiger partial charge in [0.15, 0.2) is 0 Å². The second-order valence-electron chi connectivity index (χ2n) is 6.28. The molecule has 0 amide bonds. The van der Waals surface area contributed by atoms with Crippen LogP contribution in [0, 0.1) is 11.3 Å². The monoisotopic (exact) mass is 345 g/mol. The summed E-state index contributed by atoms with van der Waals surface area (Å²) in [6, 6.07) is 20.0. The van der Waals surface area contributed by atoms with Gasteiger partial charge in [0.1, 0.15) is 11.8 Å². The van der Waals surface area contributed by atoms with Gasteiger partial charge in [0.05, 0.1) is 6.61 Å². The van der Waals surface area contributed by atoms with Crippen molar-refractivity contribution in [2.24, 2.45) is 0 Å². The number of nitrogens with one attached hydrogen (secondary N) is 1. The lowest BCUT2D eigenvalue weighted by atomic mass is 10.1. The average molecular weight is 345 g/mol. The molecule has 0 spiro atoms. The molecule has 3 aromatic rings. The lowest BCUT2D eigenvalue weighted by molar-refractivity contribution is 0.340. The summed E-state index contributed by atoms with van der Waals surface area (Å²) in [6.45, 7) is 2.57. The molecular formula is C21H19N3O2. The SMILES string of the molecule is CCOc1ccc(Nc2oc([C@@H]3C[C@H]3c3ccccc3)nc2C#N)cc1. The number of nitrogens with zero attached hydrogens (tertiary/aromatic N) is 2. The maximum atomic E-state index is 9.38. The van der Waals surface area contributed by atoms with Crippen LogP contribution in [0.2, 0.25) is 0 Å². The van der Waals surface area contributed by atoms with Crippen LogP contribution in [0.5, 0.6) is 5.75 Å². The number of oxazole rings is 1. The van der Waals surface area contributed by atoms with E-state index in [2.05, 4.69) is 28.5 Å². The number of nitriles is 1. The van der Waals surface area contributed by atoms with Crippen molar-refractivity contribution in [3.8, 4) is 11.8 Å². The van der Waals surface area contributed by atoms with Gasteiger partial charge >= 0.3 is 0 Å². The smallest absolute Gasteiger partial charge is 0.236 e. The van der Waals surface area contributed by atoms with Crippen molar-refractivity contribution >= 4 is 11.6 Å². The Hall–Kier alpha value is -3.26. The fourth-order valence-corrected chi connectivity index (χ4v) is 3.12. The number of hydrogen-bond donors (Lipinski definition) is 1. The Bertz CT molecular complexity index is 926. The number of aromatic nitrogens is 1. The summed E-state index contributed by atoms with van der Waals surface area (Å²) in [5, 5.41) is 12.5. The zero-order valence-electron chi connectivity index (χ0n) is 14.5. The Labute approximate surface area is 152 Å². The molecule has 0 bridgehead atoms. The maximum absolute atomic E-state index is 9.38. The lowest BCUT2D eigenvalue weighted by Gasteiger charge is -2.05. The van der Waals surface area contributed by atoms with E-state index in [-0.39, 0.29) is 11.6 Å². The Morgan fingerprint density at radius 1 is 1.15 bits per heavy atom. The second-order valence-corrected chi connectivity index (χ2v) is 6.28. The van der Waals surface area contributed by atoms with E-state index in [9.17, 15) is 5.26 Å². The predicted molar refractivity (Wildman–Crippen MR) is 98.7 cm³/mol. The first kappa shape index (κ1) is 16.2. The highest BCUT2D eigenvalue weighted by molar-refractivity contribution is 5.60. The molecule has 1 N–H and O–H groups in total. The Morgan fingerprint density at radius 2 is 1.92 bits per heavy atom. The number of ether oxygens (including phenoxy) is 1. The third-order valence-electron chi connectivity index (χ3n) is 4.51. The first-order valence-corrected chi connectivity index (χ1v) is 8.74. The molecule has 5 heteroatoms. The summed E-state index contributed by atoms with van der Waals surface area (Å²) in [5.41, 5.74) is 2.39. The topological polar surface area (TPSA) is 71.1 Å². The number of rotatable bonds is 6. The zero-order chi connectivity index (χ0) is 17.9. The van der Waals surface area contributed by atoms with Crippen molar-refractivity contribution in [2.75, 3.05) is 11.9 Å². The van der Waals surface area contributed by atoms with Gasteiger partial charge in [-0.15, -0.1) is 0 Å². The first-order chi connectivity index (χ1) is 12.8. The molecule has 1 heterocycles. The Morgan fingerprint density at radius 3 is 2.62 bits per heavy atom. The van der Waals surface area contributed by atoms with Crippen LogP contribution < -0.4 is 10.1 Å². The van der Waals surface area contributed by atoms with Gasteiger partial charge in [-0.05, 0) is 49.1 Å². The van der Waals surface area contributed by atoms with Gasteiger partial charge in [-0.2, -0.15) is 5.26 Å². The molecule has 1 aliphatic rings. The van der Waals surface area contributed by atoms with Gasteiger partial charge in [0.2, 0.25) is 17.5 Å². The second kappa shape index (κ2) is 6.93. The van der Waals surface area contributed by atoms with E-state index in [1.165, 1.54) is 5.56 Å². The first-order valence-electron chi connectivity index (χ1n) is 8.74. The van der Waals surface area contributed by atoms with Crippen molar-refractivity contribution in [1.29, 1.82) is 5.26 Å². The summed E-state index contributed by atoms with van der Waals surface area (Å²) in [7, 11) is 0. The minimum absolute atomic E-state index is 0.236. The fourth-order valence-electron chi connectivity index (χ4n) is 3.12. The summed E-state index contributed by atoms with van der Waals surface area (Å²) >= 11 is 0. The highest BCUT2D eigenvalue weighted by Crippen LogP contribution is 2.54. The van der Waals surface area contributed by atoms with Crippen LogP contribution in [-0.2, 0) is 0 Å². The van der Waals surface area contributed by atoms with Crippen LogP contribution in [0.15, 0.2) is 59.0 Å². The minimum Gasteiger partial charge on any atom is -0.494 e. The molecule has 130 valence electrons. The molecule has 0 unspecified atom stereocenters. The molecule has 1 aromatic heterocycles. The van der Waals surface area contributed by atoms with Crippen LogP contribution in [0.3, 0.4) is 0 Å². The van der Waals surface area contributed by atoms with Crippen LogP contribution in [0.1, 0.15) is 42.3 Å². The van der Waals surface area contributed by atoms with Gasteiger partial charge in [-0.25, -0.2) is 4.98 Å². The van der Waals surface area contributed by atoms with Crippen LogP contribution in [0.4, 0.5) is 11.6 Å². The van der Waals surface area contributed by atoms with Crippen molar-refractivity contribution < 1.29 is 9.15 Å². The highest BCUT2D eigenvalue weighted by Gasteiger charge is 2.43. The molecule has 1 saturated carbocycles. The molecular weight excluding hydrogens is 326 g/mol. The molecule has 0 saturated heterocycles. The fraction of sp³-hybridized carbons (Fsp3) is 0.238. The van der Waals surface area contributed by atoms with Crippen LogP contribution in [-0.4, -0.2) is 11.6 Å². The van der Waals surface area contributed by atoms with Gasteiger partial charge in [0, 0.05) is 11.6 Å². The molecule has 5 nitrogen and oxygen atoms in total. The van der Waals surface area contributed by atoms with Crippen molar-refractivity contribution in [2.45, 2.75) is 25.2 Å². The summed E-state index contributed by atoms with van der Waals surface area (Å²) in [6.07, 6.45) is 0.998. The maximum Gasteiger partial charge on any atom is 0.236 e. The predicted octanol–water partition coefficient (Wildman–Crippen LogP) is 4.96. The summed E-state index contributed by atoms with van der Waals surface area (Å²) in [4.78, 5) is 4.39. The molecule has 0 radical (unpaired) electrons. The third-order valence-corrected chi connectivity index (χ3v) is 4.51. The third kappa shape index (κ3) is 3.27. The van der Waals surface area contributed by atoms with Crippen molar-refractivity contribution in [3.05, 3.63) is 71.7 Å². The summed E-state index contributed by atoms with van der Waals surface area (Å²) in [5.74, 6) is 2.48. The molecule has 1 aliphatic carbocycles. The van der Waals surface area contributed by atoms with Crippen LogP contribution in [0.25, 0.3) is 0 Å². The zero-order valence-corrected chi connectivity index (χ0v) is 14.5. The molecule has 1 fully saturated rings. The molecule has 0 aliphatic heterocycles. The molecule has 2 atom stereocenters. The summed E-state index contributed by atoms with van der Waals surface area (Å²) < 4.78 is 11.3. The van der Waals surface area contributed by atoms with Gasteiger partial charge in [-0.1, -0.05) is 30.3 Å². The van der Waals surface area contributed by atoms with Crippen LogP contribution >= 0.6 is 0 Å². The Kier molecular flexibility index (Phi) is 4.32. The molecule has 2 aromatic carbocycles. The quantitative estimate of drug-likeness (QED) is 0.684. The minimum atomic E-state index is 0.236. The Balaban J connectivity index is 1.50. The number of anilines is 2. The average Bonchev–Trinajstić information content (AvgIpc) is 3.38. The largest absolute Gasteiger partial charge is 0.494 e. The van der Waals surface area contributed by atoms with Gasteiger partial charge in [-0.3, -0.25) is 0 Å². The number of hydrogen-bond acceptors (Lipinski definition) is 5.